The molecular weight excluding hydrogens is 504 g/mol. The van der Waals surface area contributed by atoms with Crippen LogP contribution in [0.3, 0.4) is 0 Å². The third-order valence-electron chi connectivity index (χ3n) is 6.84. The van der Waals surface area contributed by atoms with Gasteiger partial charge in [-0.2, -0.15) is 9.98 Å². The number of benzene rings is 2. The van der Waals surface area contributed by atoms with Gasteiger partial charge in [0, 0.05) is 13.1 Å². The van der Waals surface area contributed by atoms with E-state index in [1.54, 1.807) is 49.4 Å². The Morgan fingerprint density at radius 1 is 1.24 bits per heavy atom. The Morgan fingerprint density at radius 2 is 2.05 bits per heavy atom. The van der Waals surface area contributed by atoms with E-state index in [0.717, 1.165) is 23.2 Å². The molecule has 38 heavy (non-hydrogen) atoms. The summed E-state index contributed by atoms with van der Waals surface area (Å²) in [5, 5.41) is 12.6. The number of nitriles is 1. The van der Waals surface area contributed by atoms with E-state index in [-0.39, 0.29) is 24.5 Å². The standard InChI is InChI=1S/C28H32N4O5S/c1-3-37-28(34)26-13-19(2)10-12-32(26)27(33)25(15-20-5-4-6-21(14-20)17-29)31-38(35,36)24-8-7-23-18-30-11-9-22(23)16-24/h4-8,10,14,16,25-26,30-31H,3,9,11-13,15,18H2,1-2H3/t25-,26+/m0/s1. The maximum atomic E-state index is 13.9. The fourth-order valence-electron chi connectivity index (χ4n) is 4.83. The van der Waals surface area contributed by atoms with E-state index >= 15 is 0 Å². The second kappa shape index (κ2) is 11.9. The SMILES string of the molecule is CCOC(=O)[C@H]1CC(C)=CCN1C(=O)[C@H](Cc1cccc(C#N)c1)NS(=O)(=O)c1ccc2c(c1)CCNC2. The van der Waals surface area contributed by atoms with Crippen molar-refractivity contribution in [3.63, 3.8) is 0 Å². The third kappa shape index (κ3) is 6.30. The molecule has 0 aliphatic carbocycles. The predicted octanol–water partition coefficient (Wildman–Crippen LogP) is 2.20. The molecule has 2 N–H and O–H groups in total. The van der Waals surface area contributed by atoms with Gasteiger partial charge in [-0.15, -0.1) is 0 Å². The van der Waals surface area contributed by atoms with Crippen molar-refractivity contribution >= 4 is 21.9 Å². The van der Waals surface area contributed by atoms with Crippen molar-refractivity contribution in [1.29, 1.82) is 5.26 Å². The van der Waals surface area contributed by atoms with Crippen LogP contribution in [-0.2, 0) is 43.7 Å². The lowest BCUT2D eigenvalue weighted by molar-refractivity contribution is -0.155. The molecule has 2 aliphatic heterocycles. The first kappa shape index (κ1) is 27.5. The zero-order valence-electron chi connectivity index (χ0n) is 21.6. The molecule has 2 aromatic rings. The topological polar surface area (TPSA) is 129 Å². The second-order valence-electron chi connectivity index (χ2n) is 9.56. The molecule has 9 nitrogen and oxygen atoms in total. The molecule has 0 saturated carbocycles. The highest BCUT2D eigenvalue weighted by Crippen LogP contribution is 2.23. The van der Waals surface area contributed by atoms with Gasteiger partial charge < -0.3 is 15.0 Å². The Bertz CT molecular complexity index is 1400. The summed E-state index contributed by atoms with van der Waals surface area (Å²) in [6, 6.07) is 11.7. The fourth-order valence-corrected chi connectivity index (χ4v) is 6.07. The number of amides is 1. The summed E-state index contributed by atoms with van der Waals surface area (Å²) in [5.41, 5.74) is 3.98. The summed E-state index contributed by atoms with van der Waals surface area (Å²) in [6.07, 6.45) is 2.89. The van der Waals surface area contributed by atoms with Crippen LogP contribution in [0, 0.1) is 11.3 Å². The Balaban J connectivity index is 1.67. The lowest BCUT2D eigenvalue weighted by atomic mass is 9.98. The monoisotopic (exact) mass is 536 g/mol. The summed E-state index contributed by atoms with van der Waals surface area (Å²) in [5.74, 6) is -1.05. The van der Waals surface area contributed by atoms with Crippen molar-refractivity contribution in [2.75, 3.05) is 19.7 Å². The van der Waals surface area contributed by atoms with Crippen LogP contribution in [0.1, 0.15) is 42.5 Å². The van der Waals surface area contributed by atoms with Crippen molar-refractivity contribution in [1.82, 2.24) is 14.9 Å². The number of fused-ring (bicyclic) bond motifs is 1. The van der Waals surface area contributed by atoms with Gasteiger partial charge in [-0.25, -0.2) is 13.2 Å². The minimum absolute atomic E-state index is 0.0111. The minimum Gasteiger partial charge on any atom is -0.464 e. The van der Waals surface area contributed by atoms with Gasteiger partial charge in [-0.05, 0) is 80.6 Å². The van der Waals surface area contributed by atoms with E-state index in [2.05, 4.69) is 16.1 Å². The van der Waals surface area contributed by atoms with E-state index in [0.29, 0.717) is 30.5 Å². The molecule has 0 saturated heterocycles. The number of nitrogens with zero attached hydrogens (tertiary/aromatic N) is 2. The summed E-state index contributed by atoms with van der Waals surface area (Å²) < 4.78 is 34.9. The van der Waals surface area contributed by atoms with E-state index in [9.17, 15) is 23.3 Å². The summed E-state index contributed by atoms with van der Waals surface area (Å²) in [7, 11) is -4.09. The molecular formula is C28H32N4O5S. The zero-order chi connectivity index (χ0) is 27.3. The first-order valence-corrected chi connectivity index (χ1v) is 14.2. The number of esters is 1. The second-order valence-corrected chi connectivity index (χ2v) is 11.3. The van der Waals surface area contributed by atoms with E-state index in [1.807, 2.05) is 13.0 Å². The highest BCUT2D eigenvalue weighted by molar-refractivity contribution is 7.89. The molecule has 2 heterocycles. The molecule has 0 unspecified atom stereocenters. The maximum absolute atomic E-state index is 13.9. The molecule has 0 aromatic heterocycles. The summed E-state index contributed by atoms with van der Waals surface area (Å²) >= 11 is 0. The molecule has 0 spiro atoms. The molecule has 2 aliphatic rings. The highest BCUT2D eigenvalue weighted by Gasteiger charge is 2.38. The Morgan fingerprint density at radius 3 is 2.82 bits per heavy atom. The van der Waals surface area contributed by atoms with Crippen molar-refractivity contribution in [3.8, 4) is 6.07 Å². The van der Waals surface area contributed by atoms with Gasteiger partial charge >= 0.3 is 5.97 Å². The van der Waals surface area contributed by atoms with Gasteiger partial charge in [-0.3, -0.25) is 4.79 Å². The molecule has 10 heteroatoms. The van der Waals surface area contributed by atoms with Crippen LogP contribution in [0.15, 0.2) is 59.0 Å². The van der Waals surface area contributed by atoms with E-state index in [1.165, 1.54) is 4.90 Å². The van der Waals surface area contributed by atoms with Crippen molar-refractivity contribution in [2.24, 2.45) is 0 Å². The molecule has 4 rings (SSSR count). The Kier molecular flexibility index (Phi) is 8.62. The minimum atomic E-state index is -4.09. The van der Waals surface area contributed by atoms with Gasteiger partial charge in [0.2, 0.25) is 15.9 Å². The number of rotatable bonds is 8. The summed E-state index contributed by atoms with van der Waals surface area (Å²) in [4.78, 5) is 28.1. The van der Waals surface area contributed by atoms with Crippen LogP contribution in [0.2, 0.25) is 0 Å². The van der Waals surface area contributed by atoms with Crippen LogP contribution in [0.25, 0.3) is 0 Å². The van der Waals surface area contributed by atoms with Crippen LogP contribution >= 0.6 is 0 Å². The number of hydrogen-bond donors (Lipinski definition) is 2. The van der Waals surface area contributed by atoms with E-state index in [4.69, 9.17) is 4.74 Å². The lowest BCUT2D eigenvalue weighted by Crippen LogP contribution is -2.56. The normalized spacial score (nSPS) is 18.1. The highest BCUT2D eigenvalue weighted by atomic mass is 32.2. The molecule has 0 fully saturated rings. The quantitative estimate of drug-likeness (QED) is 0.391. The van der Waals surface area contributed by atoms with Crippen molar-refractivity contribution < 1.29 is 22.7 Å². The van der Waals surface area contributed by atoms with Gasteiger partial charge in [0.1, 0.15) is 12.1 Å². The van der Waals surface area contributed by atoms with Crippen LogP contribution < -0.4 is 10.0 Å². The number of carbonyl (C=O) groups is 2. The van der Waals surface area contributed by atoms with Gasteiger partial charge in [0.15, 0.2) is 0 Å². The Hall–Kier alpha value is -3.52. The smallest absolute Gasteiger partial charge is 0.329 e. The number of ether oxygens (including phenoxy) is 1. The number of hydrogen-bond acceptors (Lipinski definition) is 7. The van der Waals surface area contributed by atoms with E-state index < -0.39 is 34.0 Å². The van der Waals surface area contributed by atoms with Gasteiger partial charge in [0.05, 0.1) is 23.1 Å². The fraction of sp³-hybridized carbons (Fsp3) is 0.393. The third-order valence-corrected chi connectivity index (χ3v) is 8.31. The van der Waals surface area contributed by atoms with Crippen LogP contribution in [-0.4, -0.2) is 57.0 Å². The van der Waals surface area contributed by atoms with Crippen molar-refractivity contribution in [3.05, 3.63) is 76.4 Å². The van der Waals surface area contributed by atoms with Crippen LogP contribution in [0.4, 0.5) is 0 Å². The van der Waals surface area contributed by atoms with Crippen molar-refractivity contribution in [2.45, 2.75) is 56.6 Å². The molecule has 2 atom stereocenters. The van der Waals surface area contributed by atoms with Gasteiger partial charge in [-0.1, -0.05) is 29.8 Å². The molecule has 1 amide bonds. The average Bonchev–Trinajstić information content (AvgIpc) is 2.92. The molecule has 0 radical (unpaired) electrons. The Labute approximate surface area is 223 Å². The molecule has 0 bridgehead atoms. The number of sulfonamides is 1. The maximum Gasteiger partial charge on any atom is 0.329 e. The number of carbonyl (C=O) groups excluding carboxylic acids is 2. The molecule has 2 aromatic carbocycles. The molecule has 200 valence electrons. The van der Waals surface area contributed by atoms with Crippen LogP contribution in [0.5, 0.6) is 0 Å². The first-order valence-electron chi connectivity index (χ1n) is 12.7. The first-order chi connectivity index (χ1) is 18.2. The van der Waals surface area contributed by atoms with Gasteiger partial charge in [0.25, 0.3) is 0 Å². The number of nitrogens with one attached hydrogen (secondary N) is 2. The predicted molar refractivity (Wildman–Crippen MR) is 141 cm³/mol. The largest absolute Gasteiger partial charge is 0.464 e. The zero-order valence-corrected chi connectivity index (χ0v) is 22.4. The summed E-state index contributed by atoms with van der Waals surface area (Å²) in [6.45, 7) is 5.35. The average molecular weight is 537 g/mol. The lowest BCUT2D eigenvalue weighted by Gasteiger charge is -2.35.